The fraction of sp³-hybridized carbons (Fsp3) is 0.846. The van der Waals surface area contributed by atoms with Gasteiger partial charge in [-0.25, -0.2) is 13.1 Å². The second kappa shape index (κ2) is 5.44. The molecule has 0 radical (unpaired) electrons. The quantitative estimate of drug-likeness (QED) is 0.848. The number of nitrogens with zero attached hydrogens (tertiary/aromatic N) is 4. The lowest BCUT2D eigenvalue weighted by atomic mass is 9.93. The minimum atomic E-state index is -3.25. The van der Waals surface area contributed by atoms with Crippen molar-refractivity contribution in [1.82, 2.24) is 19.3 Å². The van der Waals surface area contributed by atoms with Crippen molar-refractivity contribution < 1.29 is 8.42 Å². The Morgan fingerprint density at radius 2 is 1.75 bits per heavy atom. The van der Waals surface area contributed by atoms with Gasteiger partial charge in [-0.15, -0.1) is 5.10 Å². The van der Waals surface area contributed by atoms with E-state index in [2.05, 4.69) is 31.1 Å². The average Bonchev–Trinajstić information content (AvgIpc) is 2.60. The Balaban J connectivity index is 2.93. The standard InChI is InChI=1S/C13H26N4O2S/c1-12(2,3)11-10-14-15-16(11)8-9-17(13(4,5)6)20(7,18)19/h10H,8-9H2,1-7H3. The SMILES string of the molecule is CC(C)(C)c1cnnn1CCN(C(C)(C)C)S(C)(=O)=O. The fourth-order valence-electron chi connectivity index (χ4n) is 2.19. The molecule has 116 valence electrons. The summed E-state index contributed by atoms with van der Waals surface area (Å²) in [6.07, 6.45) is 2.98. The molecule has 1 aromatic rings. The van der Waals surface area contributed by atoms with Gasteiger partial charge in [-0.1, -0.05) is 26.0 Å². The smallest absolute Gasteiger partial charge is 0.211 e. The molecule has 0 bridgehead atoms. The Hall–Kier alpha value is -0.950. The molecular weight excluding hydrogens is 276 g/mol. The predicted molar refractivity (Wildman–Crippen MR) is 80.0 cm³/mol. The van der Waals surface area contributed by atoms with Gasteiger partial charge in [-0.2, -0.15) is 4.31 Å². The van der Waals surface area contributed by atoms with Crippen LogP contribution in [0.2, 0.25) is 0 Å². The van der Waals surface area contributed by atoms with Crippen LogP contribution in [-0.4, -0.2) is 46.1 Å². The highest BCUT2D eigenvalue weighted by atomic mass is 32.2. The van der Waals surface area contributed by atoms with Crippen molar-refractivity contribution in [3.63, 3.8) is 0 Å². The average molecular weight is 302 g/mol. The van der Waals surface area contributed by atoms with Gasteiger partial charge in [-0.3, -0.25) is 0 Å². The first-order valence-corrected chi connectivity index (χ1v) is 8.55. The Bertz CT molecular complexity index is 550. The van der Waals surface area contributed by atoms with E-state index in [1.807, 2.05) is 20.8 Å². The van der Waals surface area contributed by atoms with Crippen LogP contribution in [0.5, 0.6) is 0 Å². The zero-order valence-corrected chi connectivity index (χ0v) is 14.3. The molecule has 0 aromatic carbocycles. The van der Waals surface area contributed by atoms with Crippen LogP contribution >= 0.6 is 0 Å². The molecule has 1 aromatic heterocycles. The van der Waals surface area contributed by atoms with Gasteiger partial charge in [0.05, 0.1) is 24.7 Å². The van der Waals surface area contributed by atoms with Crippen LogP contribution in [0, 0.1) is 0 Å². The molecule has 20 heavy (non-hydrogen) atoms. The summed E-state index contributed by atoms with van der Waals surface area (Å²) < 4.78 is 27.1. The highest BCUT2D eigenvalue weighted by Crippen LogP contribution is 2.22. The van der Waals surface area contributed by atoms with E-state index >= 15 is 0 Å². The van der Waals surface area contributed by atoms with Crippen molar-refractivity contribution in [3.8, 4) is 0 Å². The van der Waals surface area contributed by atoms with E-state index in [-0.39, 0.29) is 5.41 Å². The molecule has 0 aliphatic heterocycles. The molecule has 0 saturated carbocycles. The molecule has 0 aliphatic rings. The lowest BCUT2D eigenvalue weighted by Gasteiger charge is -2.33. The molecule has 0 atom stereocenters. The maximum atomic E-state index is 11.9. The van der Waals surface area contributed by atoms with Crippen LogP contribution in [0.4, 0.5) is 0 Å². The van der Waals surface area contributed by atoms with E-state index in [0.717, 1.165) is 5.69 Å². The molecule has 0 aliphatic carbocycles. The van der Waals surface area contributed by atoms with Crippen LogP contribution in [0.3, 0.4) is 0 Å². The van der Waals surface area contributed by atoms with Crippen LogP contribution < -0.4 is 0 Å². The van der Waals surface area contributed by atoms with E-state index in [1.165, 1.54) is 10.6 Å². The summed E-state index contributed by atoms with van der Waals surface area (Å²) in [4.78, 5) is 0. The van der Waals surface area contributed by atoms with E-state index in [1.54, 1.807) is 10.9 Å². The van der Waals surface area contributed by atoms with Crippen LogP contribution in [0.1, 0.15) is 47.2 Å². The largest absolute Gasteiger partial charge is 0.248 e. The molecule has 0 N–H and O–H groups in total. The normalized spacial score (nSPS) is 14.0. The Labute approximate surface area is 122 Å². The Morgan fingerprint density at radius 3 is 2.15 bits per heavy atom. The first-order chi connectivity index (χ1) is 8.83. The van der Waals surface area contributed by atoms with Crippen molar-refractivity contribution in [1.29, 1.82) is 0 Å². The van der Waals surface area contributed by atoms with E-state index in [9.17, 15) is 8.42 Å². The first-order valence-electron chi connectivity index (χ1n) is 6.70. The molecule has 7 heteroatoms. The zero-order valence-electron chi connectivity index (χ0n) is 13.5. The van der Waals surface area contributed by atoms with E-state index < -0.39 is 15.6 Å². The van der Waals surface area contributed by atoms with Gasteiger partial charge in [-0.05, 0) is 20.8 Å². The molecule has 6 nitrogen and oxygen atoms in total. The van der Waals surface area contributed by atoms with Crippen molar-refractivity contribution in [2.24, 2.45) is 0 Å². The third kappa shape index (κ3) is 4.28. The number of hydrogen-bond acceptors (Lipinski definition) is 4. The highest BCUT2D eigenvalue weighted by Gasteiger charge is 2.30. The number of aromatic nitrogens is 3. The fourth-order valence-corrected chi connectivity index (χ4v) is 3.60. The highest BCUT2D eigenvalue weighted by molar-refractivity contribution is 7.88. The summed E-state index contributed by atoms with van der Waals surface area (Å²) in [5.41, 5.74) is 0.483. The lowest BCUT2D eigenvalue weighted by Crippen LogP contribution is -2.46. The van der Waals surface area contributed by atoms with Gasteiger partial charge in [0.2, 0.25) is 10.0 Å². The molecule has 1 rings (SSSR count). The summed E-state index contributed by atoms with van der Waals surface area (Å²) in [6.45, 7) is 12.8. The van der Waals surface area contributed by atoms with Gasteiger partial charge in [0, 0.05) is 17.5 Å². The van der Waals surface area contributed by atoms with Gasteiger partial charge in [0.1, 0.15) is 0 Å². The van der Waals surface area contributed by atoms with Gasteiger partial charge in [0.25, 0.3) is 0 Å². The minimum Gasteiger partial charge on any atom is -0.248 e. The first kappa shape index (κ1) is 17.1. The topological polar surface area (TPSA) is 68.1 Å². The maximum absolute atomic E-state index is 11.9. The predicted octanol–water partition coefficient (Wildman–Crippen LogP) is 1.64. The lowest BCUT2D eigenvalue weighted by molar-refractivity contribution is 0.237. The summed E-state index contributed by atoms with van der Waals surface area (Å²) in [5, 5.41) is 8.00. The Kier molecular flexibility index (Phi) is 4.65. The third-order valence-electron chi connectivity index (χ3n) is 3.05. The number of hydrogen-bond donors (Lipinski definition) is 0. The van der Waals surface area contributed by atoms with Crippen molar-refractivity contribution in [2.45, 2.75) is 59.0 Å². The summed E-state index contributed by atoms with van der Waals surface area (Å²) >= 11 is 0. The number of sulfonamides is 1. The monoisotopic (exact) mass is 302 g/mol. The number of rotatable bonds is 4. The van der Waals surface area contributed by atoms with Crippen molar-refractivity contribution in [3.05, 3.63) is 11.9 Å². The van der Waals surface area contributed by atoms with Gasteiger partial charge < -0.3 is 0 Å². The molecule has 0 unspecified atom stereocenters. The third-order valence-corrected chi connectivity index (χ3v) is 4.58. The zero-order chi connectivity index (χ0) is 15.8. The van der Waals surface area contributed by atoms with E-state index in [4.69, 9.17) is 0 Å². The maximum Gasteiger partial charge on any atom is 0.211 e. The summed E-state index contributed by atoms with van der Waals surface area (Å²) in [6, 6.07) is 0. The molecule has 0 fully saturated rings. The molecule has 1 heterocycles. The van der Waals surface area contributed by atoms with Crippen LogP contribution in [-0.2, 0) is 22.0 Å². The minimum absolute atomic E-state index is 0.0683. The second-order valence-corrected chi connectivity index (χ2v) is 9.01. The van der Waals surface area contributed by atoms with Gasteiger partial charge in [0.15, 0.2) is 0 Å². The Morgan fingerprint density at radius 1 is 1.20 bits per heavy atom. The molecular formula is C13H26N4O2S. The van der Waals surface area contributed by atoms with Gasteiger partial charge >= 0.3 is 0 Å². The van der Waals surface area contributed by atoms with Crippen molar-refractivity contribution in [2.75, 3.05) is 12.8 Å². The van der Waals surface area contributed by atoms with Crippen molar-refractivity contribution >= 4 is 10.0 Å². The summed E-state index contributed by atoms with van der Waals surface area (Å²) in [5.74, 6) is 0. The molecule has 0 amide bonds. The second-order valence-electron chi connectivity index (χ2n) is 7.10. The van der Waals surface area contributed by atoms with Crippen LogP contribution in [0.15, 0.2) is 6.20 Å². The molecule has 0 spiro atoms. The summed E-state index contributed by atoms with van der Waals surface area (Å²) in [7, 11) is -3.25. The van der Waals surface area contributed by atoms with E-state index in [0.29, 0.717) is 13.1 Å². The molecule has 0 saturated heterocycles. The van der Waals surface area contributed by atoms with Crippen LogP contribution in [0.25, 0.3) is 0 Å².